The van der Waals surface area contributed by atoms with Crippen LogP contribution in [0, 0.1) is 12.3 Å². The Bertz CT molecular complexity index is 796. The smallest absolute Gasteiger partial charge is 0.353 e. The molecule has 0 aliphatic heterocycles. The summed E-state index contributed by atoms with van der Waals surface area (Å²) in [6.07, 6.45) is 1.13. The zero-order valence-corrected chi connectivity index (χ0v) is 14.3. The normalized spacial score (nSPS) is 11.1. The van der Waals surface area contributed by atoms with E-state index in [-0.39, 0.29) is 5.69 Å². The molecule has 126 valence electrons. The van der Waals surface area contributed by atoms with Gasteiger partial charge in [-0.2, -0.15) is 0 Å². The van der Waals surface area contributed by atoms with Crippen molar-refractivity contribution in [3.05, 3.63) is 41.1 Å². The lowest BCUT2D eigenvalue weighted by Gasteiger charge is -2.10. The van der Waals surface area contributed by atoms with Crippen molar-refractivity contribution in [2.24, 2.45) is 4.99 Å². The van der Waals surface area contributed by atoms with E-state index in [1.54, 1.807) is 11.6 Å². The van der Waals surface area contributed by atoms with Crippen LogP contribution >= 0.6 is 11.6 Å². The van der Waals surface area contributed by atoms with E-state index in [0.29, 0.717) is 30.0 Å². The van der Waals surface area contributed by atoms with Crippen LogP contribution in [0.4, 0.5) is 5.82 Å². The number of rotatable bonds is 7. The highest BCUT2D eigenvalue weighted by Gasteiger charge is 2.27. The summed E-state index contributed by atoms with van der Waals surface area (Å²) in [5, 5.41) is 20.6. The van der Waals surface area contributed by atoms with Crippen LogP contribution in [0.3, 0.4) is 0 Å². The van der Waals surface area contributed by atoms with Crippen LogP contribution in [0.15, 0.2) is 29.3 Å². The second-order valence-corrected chi connectivity index (χ2v) is 5.40. The Morgan fingerprint density at radius 3 is 2.71 bits per heavy atom. The SMILES string of the molecule is CNCCn1c(/N=C/Cl)c(C=N)c(-c2ccccc2C)c1C(=O)O. The van der Waals surface area contributed by atoms with Gasteiger partial charge in [0, 0.05) is 30.4 Å². The van der Waals surface area contributed by atoms with Gasteiger partial charge < -0.3 is 20.4 Å². The van der Waals surface area contributed by atoms with Crippen molar-refractivity contribution in [1.82, 2.24) is 9.88 Å². The number of aromatic carboxylic acids is 1. The van der Waals surface area contributed by atoms with Gasteiger partial charge in [-0.15, -0.1) is 0 Å². The van der Waals surface area contributed by atoms with Crippen LogP contribution in [0.2, 0.25) is 0 Å². The number of halogens is 1. The zero-order chi connectivity index (χ0) is 17.7. The number of carbonyl (C=O) groups is 1. The highest BCUT2D eigenvalue weighted by molar-refractivity contribution is 6.56. The Kier molecular flexibility index (Phi) is 5.89. The van der Waals surface area contributed by atoms with Crippen LogP contribution < -0.4 is 5.32 Å². The maximum absolute atomic E-state index is 12.0. The summed E-state index contributed by atoms with van der Waals surface area (Å²) in [5.41, 5.74) is 3.82. The summed E-state index contributed by atoms with van der Waals surface area (Å²) >= 11 is 5.65. The molecule has 0 amide bonds. The van der Waals surface area contributed by atoms with E-state index in [1.165, 1.54) is 0 Å². The molecule has 24 heavy (non-hydrogen) atoms. The molecule has 0 saturated heterocycles. The molecule has 0 unspecified atom stereocenters. The number of hydrogen-bond acceptors (Lipinski definition) is 4. The van der Waals surface area contributed by atoms with Crippen LogP contribution in [0.25, 0.3) is 11.1 Å². The molecule has 2 rings (SSSR count). The third-order valence-electron chi connectivity index (χ3n) is 3.79. The highest BCUT2D eigenvalue weighted by atomic mass is 35.5. The quantitative estimate of drug-likeness (QED) is 0.672. The molecule has 3 N–H and O–H groups in total. The van der Waals surface area contributed by atoms with Crippen molar-refractivity contribution < 1.29 is 9.90 Å². The molecule has 0 radical (unpaired) electrons. The average Bonchev–Trinajstić information content (AvgIpc) is 2.87. The molecule has 0 spiro atoms. The van der Waals surface area contributed by atoms with Crippen molar-refractivity contribution in [3.8, 4) is 11.1 Å². The van der Waals surface area contributed by atoms with E-state index in [1.807, 2.05) is 31.2 Å². The van der Waals surface area contributed by atoms with Gasteiger partial charge in [0.25, 0.3) is 0 Å². The first-order chi connectivity index (χ1) is 11.6. The molecule has 7 heteroatoms. The molecule has 0 saturated carbocycles. The first kappa shape index (κ1) is 17.9. The van der Waals surface area contributed by atoms with E-state index < -0.39 is 5.97 Å². The molecular weight excluding hydrogens is 328 g/mol. The summed E-state index contributed by atoms with van der Waals surface area (Å²) in [5.74, 6) is -0.700. The Morgan fingerprint density at radius 1 is 1.46 bits per heavy atom. The third kappa shape index (κ3) is 3.25. The Labute approximate surface area is 145 Å². The van der Waals surface area contributed by atoms with Crippen LogP contribution in [0.5, 0.6) is 0 Å². The summed E-state index contributed by atoms with van der Waals surface area (Å²) in [4.78, 5) is 16.1. The monoisotopic (exact) mass is 346 g/mol. The van der Waals surface area contributed by atoms with E-state index in [2.05, 4.69) is 10.3 Å². The average molecular weight is 347 g/mol. The molecule has 2 aromatic rings. The Morgan fingerprint density at radius 2 is 2.17 bits per heavy atom. The van der Waals surface area contributed by atoms with Crippen molar-refractivity contribution >= 4 is 35.3 Å². The fraction of sp³-hybridized carbons (Fsp3) is 0.235. The van der Waals surface area contributed by atoms with Crippen molar-refractivity contribution in [2.75, 3.05) is 13.6 Å². The van der Waals surface area contributed by atoms with E-state index >= 15 is 0 Å². The number of hydrogen-bond donors (Lipinski definition) is 3. The largest absolute Gasteiger partial charge is 0.477 e. The van der Waals surface area contributed by atoms with Crippen LogP contribution in [0.1, 0.15) is 21.6 Å². The number of aliphatic imine (C=N–C) groups is 1. The van der Waals surface area contributed by atoms with Crippen LogP contribution in [-0.4, -0.2) is 41.1 Å². The topological polar surface area (TPSA) is 90.5 Å². The second-order valence-electron chi connectivity index (χ2n) is 5.21. The number of carboxylic acid groups (broad SMARTS) is 1. The second kappa shape index (κ2) is 7.90. The number of nitrogens with zero attached hydrogens (tertiary/aromatic N) is 2. The van der Waals surface area contributed by atoms with Gasteiger partial charge >= 0.3 is 5.97 Å². The molecule has 6 nitrogen and oxygen atoms in total. The molecule has 0 bridgehead atoms. The maximum Gasteiger partial charge on any atom is 0.353 e. The first-order valence-corrected chi connectivity index (χ1v) is 7.84. The Hall–Kier alpha value is -2.44. The highest BCUT2D eigenvalue weighted by Crippen LogP contribution is 2.38. The summed E-state index contributed by atoms with van der Waals surface area (Å²) in [6.45, 7) is 2.86. The van der Waals surface area contributed by atoms with E-state index in [9.17, 15) is 9.90 Å². The fourth-order valence-electron chi connectivity index (χ4n) is 2.74. The van der Waals surface area contributed by atoms with Crippen molar-refractivity contribution in [2.45, 2.75) is 13.5 Å². The number of benzene rings is 1. The number of carboxylic acids is 1. The van der Waals surface area contributed by atoms with Gasteiger partial charge in [-0.25, -0.2) is 9.79 Å². The van der Waals surface area contributed by atoms with Crippen LogP contribution in [-0.2, 0) is 6.54 Å². The minimum Gasteiger partial charge on any atom is -0.477 e. The van der Waals surface area contributed by atoms with E-state index in [4.69, 9.17) is 17.0 Å². The lowest BCUT2D eigenvalue weighted by Crippen LogP contribution is -2.18. The third-order valence-corrected chi connectivity index (χ3v) is 3.89. The minimum absolute atomic E-state index is 0.107. The van der Waals surface area contributed by atoms with E-state index in [0.717, 1.165) is 23.0 Å². The molecule has 0 fully saturated rings. The number of likely N-dealkylation sites (N-methyl/N-ethyl adjacent to an activating group) is 1. The predicted molar refractivity (Wildman–Crippen MR) is 97.4 cm³/mol. The molecular formula is C17H19ClN4O2. The van der Waals surface area contributed by atoms with Crippen molar-refractivity contribution in [3.63, 3.8) is 0 Å². The van der Waals surface area contributed by atoms with Gasteiger partial charge in [0.05, 0.1) is 5.67 Å². The molecule has 1 aromatic heterocycles. The standard InChI is InChI=1S/C17H19ClN4O2/c1-11-5-3-4-6-12(11)14-13(9-19)16(21-10-18)22(8-7-20-2)15(14)17(23)24/h3-6,9-10,19-20H,7-8H2,1-2H3,(H,23,24)/b19-9?,21-10+. The lowest BCUT2D eigenvalue weighted by molar-refractivity contribution is 0.0686. The summed E-state index contributed by atoms with van der Waals surface area (Å²) in [6, 6.07) is 7.49. The summed E-state index contributed by atoms with van der Waals surface area (Å²) in [7, 11) is 1.79. The fourth-order valence-corrected chi connectivity index (χ4v) is 2.83. The lowest BCUT2D eigenvalue weighted by atomic mass is 9.97. The minimum atomic E-state index is -1.07. The molecule has 1 aromatic carbocycles. The zero-order valence-electron chi connectivity index (χ0n) is 13.5. The van der Waals surface area contributed by atoms with Gasteiger partial charge in [-0.3, -0.25) is 0 Å². The molecule has 0 aliphatic carbocycles. The van der Waals surface area contributed by atoms with Gasteiger partial charge in [0.1, 0.15) is 11.5 Å². The summed E-state index contributed by atoms with van der Waals surface area (Å²) < 4.78 is 1.58. The predicted octanol–water partition coefficient (Wildman–Crippen LogP) is 3.28. The first-order valence-electron chi connectivity index (χ1n) is 7.40. The number of nitrogens with one attached hydrogen (secondary N) is 2. The van der Waals surface area contributed by atoms with Gasteiger partial charge in [-0.1, -0.05) is 35.9 Å². The molecule has 0 atom stereocenters. The number of aryl methyl sites for hydroxylation is 1. The maximum atomic E-state index is 12.0. The molecule has 0 aliphatic rings. The Balaban J connectivity index is 2.89. The van der Waals surface area contributed by atoms with Gasteiger partial charge in [0.2, 0.25) is 0 Å². The van der Waals surface area contributed by atoms with Gasteiger partial charge in [0.15, 0.2) is 0 Å². The molecule has 1 heterocycles. The van der Waals surface area contributed by atoms with Gasteiger partial charge in [-0.05, 0) is 25.1 Å². The number of aromatic nitrogens is 1. The van der Waals surface area contributed by atoms with Crippen molar-refractivity contribution in [1.29, 1.82) is 5.41 Å².